The van der Waals surface area contributed by atoms with Crippen LogP contribution in [0.15, 0.2) is 59.9 Å². The second-order valence-electron chi connectivity index (χ2n) is 8.52. The number of hydrogen-bond donors (Lipinski definition) is 1. The van der Waals surface area contributed by atoms with E-state index in [2.05, 4.69) is 26.1 Å². The van der Waals surface area contributed by atoms with E-state index in [4.69, 9.17) is 19.0 Å². The Balaban J connectivity index is 1.58. The number of rotatable bonds is 9. The fraction of sp³-hybridized carbons (Fsp3) is 0.259. The van der Waals surface area contributed by atoms with Crippen molar-refractivity contribution in [3.05, 3.63) is 71.5 Å². The summed E-state index contributed by atoms with van der Waals surface area (Å²) in [5.41, 5.74) is 6.33. The Labute approximate surface area is 204 Å². The fourth-order valence-electron chi connectivity index (χ4n) is 4.21. The molecule has 0 spiro atoms. The molecule has 35 heavy (non-hydrogen) atoms. The van der Waals surface area contributed by atoms with Crippen LogP contribution in [0.3, 0.4) is 0 Å². The number of methoxy groups -OCH3 is 2. The van der Waals surface area contributed by atoms with Gasteiger partial charge in [-0.2, -0.15) is 0 Å². The lowest BCUT2D eigenvalue weighted by Gasteiger charge is -2.12. The molecule has 180 valence electrons. The smallest absolute Gasteiger partial charge is 0.161 e. The Morgan fingerprint density at radius 3 is 2.49 bits per heavy atom. The SMILES string of the molecule is COc1cc2c(cc1OC)-c1[nH]c3ccc(OCCN(C)C)cc3c1C2=NOCc1ccccn1. The minimum Gasteiger partial charge on any atom is -0.493 e. The zero-order valence-electron chi connectivity index (χ0n) is 20.3. The van der Waals surface area contributed by atoms with Crippen LogP contribution in [-0.2, 0) is 11.4 Å². The quantitative estimate of drug-likeness (QED) is 0.319. The van der Waals surface area contributed by atoms with Crippen molar-refractivity contribution in [3.8, 4) is 28.5 Å². The van der Waals surface area contributed by atoms with Crippen LogP contribution in [-0.4, -0.2) is 62.0 Å². The van der Waals surface area contributed by atoms with E-state index in [1.807, 2.05) is 56.6 Å². The number of oxime groups is 1. The summed E-state index contributed by atoms with van der Waals surface area (Å²) in [5, 5.41) is 5.59. The van der Waals surface area contributed by atoms with Gasteiger partial charge in [-0.25, -0.2) is 0 Å². The Kier molecular flexibility index (Phi) is 6.29. The molecule has 1 N–H and O–H groups in total. The maximum absolute atomic E-state index is 6.00. The van der Waals surface area contributed by atoms with Crippen LogP contribution in [0.25, 0.3) is 22.2 Å². The normalized spacial score (nSPS) is 13.2. The number of pyridine rings is 1. The molecule has 0 fully saturated rings. The van der Waals surface area contributed by atoms with Gasteiger partial charge in [-0.3, -0.25) is 4.98 Å². The molecule has 2 aromatic heterocycles. The highest BCUT2D eigenvalue weighted by molar-refractivity contribution is 6.30. The van der Waals surface area contributed by atoms with E-state index in [1.54, 1.807) is 20.4 Å². The Morgan fingerprint density at radius 1 is 0.971 bits per heavy atom. The van der Waals surface area contributed by atoms with Crippen molar-refractivity contribution in [1.82, 2.24) is 14.9 Å². The third-order valence-electron chi connectivity index (χ3n) is 5.96. The molecule has 4 aromatic rings. The number of H-pyrrole nitrogens is 1. The molecule has 0 bridgehead atoms. The first-order valence-corrected chi connectivity index (χ1v) is 11.4. The summed E-state index contributed by atoms with van der Waals surface area (Å²) in [6.45, 7) is 1.71. The highest BCUT2D eigenvalue weighted by atomic mass is 16.6. The number of hydrogen-bond acceptors (Lipinski definition) is 7. The zero-order chi connectivity index (χ0) is 24.4. The van der Waals surface area contributed by atoms with Gasteiger partial charge in [0.2, 0.25) is 0 Å². The van der Waals surface area contributed by atoms with Crippen molar-refractivity contribution in [3.63, 3.8) is 0 Å². The molecule has 8 heteroatoms. The van der Waals surface area contributed by atoms with Gasteiger partial charge in [0.05, 0.1) is 25.6 Å². The van der Waals surface area contributed by atoms with Crippen molar-refractivity contribution in [1.29, 1.82) is 0 Å². The summed E-state index contributed by atoms with van der Waals surface area (Å²) in [7, 11) is 7.31. The van der Waals surface area contributed by atoms with E-state index >= 15 is 0 Å². The second kappa shape index (κ2) is 9.68. The third-order valence-corrected chi connectivity index (χ3v) is 5.96. The van der Waals surface area contributed by atoms with Crippen molar-refractivity contribution < 1.29 is 19.0 Å². The first kappa shape index (κ1) is 22.7. The molecule has 0 atom stereocenters. The third kappa shape index (κ3) is 4.40. The predicted octanol–water partition coefficient (Wildman–Crippen LogP) is 4.47. The van der Waals surface area contributed by atoms with E-state index in [-0.39, 0.29) is 6.61 Å². The molecule has 0 amide bonds. The van der Waals surface area contributed by atoms with E-state index < -0.39 is 0 Å². The molecule has 0 aliphatic heterocycles. The molecule has 0 saturated carbocycles. The van der Waals surface area contributed by atoms with Crippen LogP contribution in [0.2, 0.25) is 0 Å². The number of ether oxygens (including phenoxy) is 3. The Bertz CT molecular complexity index is 1380. The number of benzene rings is 2. The van der Waals surface area contributed by atoms with E-state index in [0.717, 1.165) is 57.0 Å². The number of fused-ring (bicyclic) bond motifs is 5. The first-order valence-electron chi connectivity index (χ1n) is 11.4. The Hall–Kier alpha value is -4.04. The summed E-state index contributed by atoms with van der Waals surface area (Å²) in [6, 6.07) is 15.7. The molecule has 1 aliphatic rings. The topological polar surface area (TPSA) is 81.2 Å². The summed E-state index contributed by atoms with van der Waals surface area (Å²) in [6.07, 6.45) is 1.74. The van der Waals surface area contributed by atoms with E-state index in [1.165, 1.54) is 0 Å². The molecule has 1 aliphatic carbocycles. The predicted molar refractivity (Wildman–Crippen MR) is 136 cm³/mol. The lowest BCUT2D eigenvalue weighted by atomic mass is 10.1. The van der Waals surface area contributed by atoms with Crippen LogP contribution >= 0.6 is 0 Å². The van der Waals surface area contributed by atoms with Gasteiger partial charge in [-0.1, -0.05) is 11.2 Å². The van der Waals surface area contributed by atoms with E-state index in [0.29, 0.717) is 18.1 Å². The van der Waals surface area contributed by atoms with Gasteiger partial charge < -0.3 is 28.9 Å². The van der Waals surface area contributed by atoms with Gasteiger partial charge in [0.15, 0.2) is 18.1 Å². The van der Waals surface area contributed by atoms with Gasteiger partial charge in [-0.15, -0.1) is 0 Å². The molecule has 5 rings (SSSR count). The fourth-order valence-corrected chi connectivity index (χ4v) is 4.21. The maximum atomic E-state index is 6.00. The average molecular weight is 473 g/mol. The molecular formula is C27H28N4O4. The lowest BCUT2D eigenvalue weighted by Crippen LogP contribution is -2.19. The number of likely N-dealkylation sites (N-methyl/N-ethyl adjacent to an activating group) is 1. The molecule has 8 nitrogen and oxygen atoms in total. The summed E-state index contributed by atoms with van der Waals surface area (Å²) < 4.78 is 17.1. The summed E-state index contributed by atoms with van der Waals surface area (Å²) in [5.74, 6) is 2.09. The standard InChI is InChI=1S/C27H28N4O4/c1-31(2)11-12-34-18-8-9-22-21(13-18)25-26(29-22)19-14-23(32-3)24(33-4)15-20(19)27(25)30-35-16-17-7-5-6-10-28-17/h5-10,13-15,29H,11-12,16H2,1-4H3. The van der Waals surface area contributed by atoms with Gasteiger partial charge in [-0.05, 0) is 56.6 Å². The summed E-state index contributed by atoms with van der Waals surface area (Å²) in [4.78, 5) is 15.7. The van der Waals surface area contributed by atoms with Gasteiger partial charge in [0.1, 0.15) is 18.1 Å². The Morgan fingerprint density at radius 2 is 1.77 bits per heavy atom. The van der Waals surface area contributed by atoms with Crippen molar-refractivity contribution in [2.45, 2.75) is 6.61 Å². The number of nitrogens with one attached hydrogen (secondary N) is 1. The van der Waals surface area contributed by atoms with Crippen molar-refractivity contribution in [2.24, 2.45) is 5.16 Å². The van der Waals surface area contributed by atoms with Gasteiger partial charge in [0.25, 0.3) is 0 Å². The van der Waals surface area contributed by atoms with Crippen molar-refractivity contribution >= 4 is 16.6 Å². The number of nitrogens with zero attached hydrogens (tertiary/aromatic N) is 3. The highest BCUT2D eigenvalue weighted by Crippen LogP contribution is 2.46. The molecule has 2 heterocycles. The maximum Gasteiger partial charge on any atom is 0.161 e. The molecule has 2 aromatic carbocycles. The van der Waals surface area contributed by atoms with Crippen LogP contribution in [0.5, 0.6) is 17.2 Å². The van der Waals surface area contributed by atoms with Crippen LogP contribution < -0.4 is 14.2 Å². The van der Waals surface area contributed by atoms with Gasteiger partial charge >= 0.3 is 0 Å². The molecule has 0 unspecified atom stereocenters. The van der Waals surface area contributed by atoms with Crippen LogP contribution in [0.1, 0.15) is 16.8 Å². The molecular weight excluding hydrogens is 444 g/mol. The molecule has 0 saturated heterocycles. The minimum atomic E-state index is 0.267. The first-order chi connectivity index (χ1) is 17.1. The van der Waals surface area contributed by atoms with E-state index in [9.17, 15) is 0 Å². The summed E-state index contributed by atoms with van der Waals surface area (Å²) >= 11 is 0. The van der Waals surface area contributed by atoms with Crippen molar-refractivity contribution in [2.75, 3.05) is 41.5 Å². The number of aromatic nitrogens is 2. The zero-order valence-corrected chi connectivity index (χ0v) is 20.3. The highest BCUT2D eigenvalue weighted by Gasteiger charge is 2.32. The molecule has 0 radical (unpaired) electrons. The average Bonchev–Trinajstić information content (AvgIpc) is 3.38. The lowest BCUT2D eigenvalue weighted by molar-refractivity contribution is 0.128. The number of aromatic amines is 1. The van der Waals surface area contributed by atoms with Crippen LogP contribution in [0, 0.1) is 0 Å². The van der Waals surface area contributed by atoms with Crippen LogP contribution in [0.4, 0.5) is 0 Å². The van der Waals surface area contributed by atoms with Gasteiger partial charge in [0, 0.05) is 40.3 Å². The monoisotopic (exact) mass is 472 g/mol. The second-order valence-corrected chi connectivity index (χ2v) is 8.52. The largest absolute Gasteiger partial charge is 0.493 e. The minimum absolute atomic E-state index is 0.267.